The number of hydrogen-bond acceptors (Lipinski definition) is 4. The van der Waals surface area contributed by atoms with Gasteiger partial charge in [0.15, 0.2) is 6.61 Å². The number of morpholine rings is 1. The second kappa shape index (κ2) is 9.92. The lowest BCUT2D eigenvalue weighted by molar-refractivity contribution is -0.124. The van der Waals surface area contributed by atoms with Gasteiger partial charge >= 0.3 is 0 Å². The quantitative estimate of drug-likeness (QED) is 0.769. The first-order valence-electron chi connectivity index (χ1n) is 9.56. The monoisotopic (exact) mass is 402 g/mol. The van der Waals surface area contributed by atoms with E-state index in [2.05, 4.69) is 41.4 Å². The molecule has 0 aliphatic carbocycles. The molecule has 1 fully saturated rings. The van der Waals surface area contributed by atoms with Crippen molar-refractivity contribution in [1.29, 1.82) is 0 Å². The lowest BCUT2D eigenvalue weighted by Crippen LogP contribution is -2.44. The predicted molar refractivity (Wildman–Crippen MR) is 111 cm³/mol. The highest BCUT2D eigenvalue weighted by Gasteiger charge is 2.20. The average Bonchev–Trinajstić information content (AvgIpc) is 2.70. The molecule has 1 saturated heterocycles. The number of benzene rings is 2. The molecular formula is C22H27ClN2O3. The number of hydrogen-bond donors (Lipinski definition) is 1. The van der Waals surface area contributed by atoms with Crippen LogP contribution in [-0.4, -0.2) is 50.3 Å². The van der Waals surface area contributed by atoms with Crippen LogP contribution in [0.25, 0.3) is 0 Å². The minimum atomic E-state index is -0.147. The minimum absolute atomic E-state index is 0.0352. The third-order valence-electron chi connectivity index (χ3n) is 4.86. The minimum Gasteiger partial charge on any atom is -0.484 e. The van der Waals surface area contributed by atoms with Crippen molar-refractivity contribution in [2.75, 3.05) is 39.5 Å². The summed E-state index contributed by atoms with van der Waals surface area (Å²) >= 11 is 6.04. The van der Waals surface area contributed by atoms with Gasteiger partial charge in [0.1, 0.15) is 5.75 Å². The van der Waals surface area contributed by atoms with E-state index in [1.807, 2.05) is 13.0 Å². The fourth-order valence-electron chi connectivity index (χ4n) is 3.17. The van der Waals surface area contributed by atoms with Gasteiger partial charge in [-0.2, -0.15) is 0 Å². The molecule has 0 spiro atoms. The molecule has 28 heavy (non-hydrogen) atoms. The number of halogens is 1. The number of nitrogens with one attached hydrogen (secondary N) is 1. The fourth-order valence-corrected chi connectivity index (χ4v) is 3.28. The molecule has 2 aromatic carbocycles. The number of nitrogens with zero attached hydrogens (tertiary/aromatic N) is 1. The van der Waals surface area contributed by atoms with Crippen molar-refractivity contribution in [3.63, 3.8) is 0 Å². The Kier molecular flexibility index (Phi) is 7.31. The van der Waals surface area contributed by atoms with Gasteiger partial charge in [-0.15, -0.1) is 0 Å². The summed E-state index contributed by atoms with van der Waals surface area (Å²) in [6.07, 6.45) is 0. The molecular weight excluding hydrogens is 376 g/mol. The van der Waals surface area contributed by atoms with Crippen LogP contribution in [0.1, 0.15) is 22.7 Å². The van der Waals surface area contributed by atoms with Crippen molar-refractivity contribution in [3.8, 4) is 5.75 Å². The molecule has 0 saturated carbocycles. The van der Waals surface area contributed by atoms with Crippen LogP contribution in [0.2, 0.25) is 5.02 Å². The second-order valence-corrected chi connectivity index (χ2v) is 7.55. The Hall–Kier alpha value is -2.08. The first kappa shape index (κ1) is 20.6. The normalized spacial score (nSPS) is 15.8. The molecule has 1 atom stereocenters. The number of ether oxygens (including phenoxy) is 2. The number of carbonyl (C=O) groups excluding carboxylic acids is 1. The highest BCUT2D eigenvalue weighted by atomic mass is 35.5. The van der Waals surface area contributed by atoms with E-state index in [0.717, 1.165) is 44.0 Å². The van der Waals surface area contributed by atoms with Crippen molar-refractivity contribution in [2.24, 2.45) is 0 Å². The first-order chi connectivity index (χ1) is 13.5. The molecule has 6 heteroatoms. The largest absolute Gasteiger partial charge is 0.484 e. The summed E-state index contributed by atoms with van der Waals surface area (Å²) in [5.41, 5.74) is 3.21. The molecule has 5 nitrogen and oxygen atoms in total. The van der Waals surface area contributed by atoms with Crippen LogP contribution in [0, 0.1) is 13.8 Å². The van der Waals surface area contributed by atoms with Gasteiger partial charge in [0.2, 0.25) is 0 Å². The zero-order valence-electron chi connectivity index (χ0n) is 16.4. The zero-order chi connectivity index (χ0) is 19.9. The van der Waals surface area contributed by atoms with Crippen LogP contribution >= 0.6 is 11.6 Å². The summed E-state index contributed by atoms with van der Waals surface area (Å²) in [5, 5.41) is 3.81. The molecule has 1 aliphatic rings. The Morgan fingerprint density at radius 2 is 1.89 bits per heavy atom. The third kappa shape index (κ3) is 5.96. The third-order valence-corrected chi connectivity index (χ3v) is 5.28. The van der Waals surface area contributed by atoms with Crippen molar-refractivity contribution in [2.45, 2.75) is 19.9 Å². The summed E-state index contributed by atoms with van der Waals surface area (Å²) < 4.78 is 11.1. The van der Waals surface area contributed by atoms with Gasteiger partial charge in [0.05, 0.1) is 19.3 Å². The van der Waals surface area contributed by atoms with Gasteiger partial charge in [-0.3, -0.25) is 9.69 Å². The maximum Gasteiger partial charge on any atom is 0.258 e. The van der Waals surface area contributed by atoms with Crippen LogP contribution in [0.4, 0.5) is 0 Å². The van der Waals surface area contributed by atoms with Gasteiger partial charge in [0.25, 0.3) is 5.91 Å². The van der Waals surface area contributed by atoms with E-state index in [4.69, 9.17) is 21.1 Å². The van der Waals surface area contributed by atoms with Crippen molar-refractivity contribution >= 4 is 17.5 Å². The Bertz CT molecular complexity index is 789. The molecule has 1 amide bonds. The van der Waals surface area contributed by atoms with Crippen LogP contribution in [-0.2, 0) is 9.53 Å². The summed E-state index contributed by atoms with van der Waals surface area (Å²) in [7, 11) is 0. The lowest BCUT2D eigenvalue weighted by Gasteiger charge is -2.31. The Labute approximate surface area is 171 Å². The average molecular weight is 403 g/mol. The topological polar surface area (TPSA) is 50.8 Å². The van der Waals surface area contributed by atoms with Gasteiger partial charge in [0, 0.05) is 24.7 Å². The molecule has 3 rings (SSSR count). The summed E-state index contributed by atoms with van der Waals surface area (Å²) in [5.74, 6) is 0.489. The molecule has 0 bridgehead atoms. The molecule has 0 aromatic heterocycles. The number of carbonyl (C=O) groups is 1. The molecule has 150 valence electrons. The number of aryl methyl sites for hydroxylation is 2. The fraction of sp³-hybridized carbons (Fsp3) is 0.409. The second-order valence-electron chi connectivity index (χ2n) is 7.14. The summed E-state index contributed by atoms with van der Waals surface area (Å²) in [6.45, 7) is 7.88. The summed E-state index contributed by atoms with van der Waals surface area (Å²) in [4.78, 5) is 14.9. The van der Waals surface area contributed by atoms with Crippen molar-refractivity contribution < 1.29 is 14.3 Å². The van der Waals surface area contributed by atoms with E-state index in [1.165, 1.54) is 5.56 Å². The highest BCUT2D eigenvalue weighted by molar-refractivity contribution is 6.31. The maximum absolute atomic E-state index is 12.6. The molecule has 2 aromatic rings. The summed E-state index contributed by atoms with van der Waals surface area (Å²) in [6, 6.07) is 13.6. The van der Waals surface area contributed by atoms with Crippen molar-refractivity contribution in [1.82, 2.24) is 10.2 Å². The molecule has 1 heterocycles. The van der Waals surface area contributed by atoms with E-state index < -0.39 is 0 Å². The van der Waals surface area contributed by atoms with Crippen LogP contribution in [0.15, 0.2) is 42.5 Å². The number of rotatable bonds is 7. The van der Waals surface area contributed by atoms with E-state index in [0.29, 0.717) is 10.8 Å². The van der Waals surface area contributed by atoms with E-state index >= 15 is 0 Å². The van der Waals surface area contributed by atoms with E-state index in [9.17, 15) is 4.79 Å². The standard InChI is InChI=1S/C22H27ClN2O3/c1-16-3-5-18(6-4-16)21(14-25-9-11-27-12-10-25)24-22(26)15-28-19-7-8-20(23)17(2)13-19/h3-8,13,21H,9-12,14-15H2,1-2H3,(H,24,26)/t21-/m0/s1. The Morgan fingerprint density at radius 1 is 1.18 bits per heavy atom. The molecule has 1 N–H and O–H groups in total. The molecule has 0 radical (unpaired) electrons. The molecule has 0 unspecified atom stereocenters. The van der Waals surface area contributed by atoms with Crippen LogP contribution in [0.5, 0.6) is 5.75 Å². The SMILES string of the molecule is Cc1ccc([C@H](CN2CCOCC2)NC(=O)COc2ccc(Cl)c(C)c2)cc1. The van der Waals surface area contributed by atoms with Crippen molar-refractivity contribution in [3.05, 3.63) is 64.2 Å². The van der Waals surface area contributed by atoms with Gasteiger partial charge in [-0.1, -0.05) is 41.4 Å². The maximum atomic E-state index is 12.6. The Balaban J connectivity index is 1.62. The van der Waals surface area contributed by atoms with Gasteiger partial charge < -0.3 is 14.8 Å². The number of amides is 1. The van der Waals surface area contributed by atoms with Crippen LogP contribution in [0.3, 0.4) is 0 Å². The Morgan fingerprint density at radius 3 is 2.57 bits per heavy atom. The van der Waals surface area contributed by atoms with Crippen LogP contribution < -0.4 is 10.1 Å². The van der Waals surface area contributed by atoms with E-state index in [1.54, 1.807) is 12.1 Å². The smallest absolute Gasteiger partial charge is 0.258 e. The highest BCUT2D eigenvalue weighted by Crippen LogP contribution is 2.21. The zero-order valence-corrected chi connectivity index (χ0v) is 17.2. The predicted octanol–water partition coefficient (Wildman–Crippen LogP) is 3.53. The van der Waals surface area contributed by atoms with E-state index in [-0.39, 0.29) is 18.6 Å². The van der Waals surface area contributed by atoms with Gasteiger partial charge in [-0.05, 0) is 43.2 Å². The first-order valence-corrected chi connectivity index (χ1v) is 9.94. The molecule has 1 aliphatic heterocycles. The lowest BCUT2D eigenvalue weighted by atomic mass is 10.0. The van der Waals surface area contributed by atoms with Gasteiger partial charge in [-0.25, -0.2) is 0 Å².